The molecular formula is C52H80O19. The van der Waals surface area contributed by atoms with Gasteiger partial charge in [0.1, 0.15) is 48.8 Å². The lowest BCUT2D eigenvalue weighted by Crippen LogP contribution is -2.76. The first-order chi connectivity index (χ1) is 33.0. The second kappa shape index (κ2) is 19.7. The Morgan fingerprint density at radius 1 is 0.718 bits per heavy atom. The molecule has 0 aromatic carbocycles. The van der Waals surface area contributed by atoms with Crippen LogP contribution in [0.4, 0.5) is 0 Å². The molecule has 7 aliphatic rings. The van der Waals surface area contributed by atoms with Gasteiger partial charge in [-0.05, 0) is 100 Å². The van der Waals surface area contributed by atoms with E-state index in [0.29, 0.717) is 44.1 Å². The van der Waals surface area contributed by atoms with Crippen LogP contribution < -0.4 is 0 Å². The van der Waals surface area contributed by atoms with Crippen LogP contribution in [0, 0.1) is 50.2 Å². The van der Waals surface area contributed by atoms with Crippen LogP contribution in [0.2, 0.25) is 0 Å². The van der Waals surface area contributed by atoms with Crippen molar-refractivity contribution in [1.82, 2.24) is 0 Å². The zero-order valence-corrected chi connectivity index (χ0v) is 42.9. The largest absolute Gasteiger partial charge is 0.479 e. The lowest BCUT2D eigenvalue weighted by Gasteiger charge is -2.73. The zero-order valence-electron chi connectivity index (χ0n) is 42.9. The highest BCUT2D eigenvalue weighted by molar-refractivity contribution is 5.89. The summed E-state index contributed by atoms with van der Waals surface area (Å²) in [5.41, 5.74) is -3.97. The van der Waals surface area contributed by atoms with Crippen molar-refractivity contribution in [3.63, 3.8) is 0 Å². The van der Waals surface area contributed by atoms with E-state index in [1.54, 1.807) is 39.8 Å². The number of ether oxygens (including phenoxy) is 6. The van der Waals surface area contributed by atoms with Gasteiger partial charge in [0.25, 0.3) is 0 Å². The second-order valence-corrected chi connectivity index (χ2v) is 23.7. The number of carboxylic acids is 1. The molecule has 10 N–H and O–H groups in total. The minimum Gasteiger partial charge on any atom is -0.479 e. The molecule has 2 saturated heterocycles. The molecule has 4 saturated carbocycles. The van der Waals surface area contributed by atoms with Crippen LogP contribution in [0.15, 0.2) is 34.9 Å². The summed E-state index contributed by atoms with van der Waals surface area (Å²) < 4.78 is 36.5. The van der Waals surface area contributed by atoms with Crippen molar-refractivity contribution in [3.8, 4) is 0 Å². The highest BCUT2D eigenvalue weighted by Gasteiger charge is 2.76. The quantitative estimate of drug-likeness (QED) is 0.0611. The predicted octanol–water partition coefficient (Wildman–Crippen LogP) is 1.80. The highest BCUT2D eigenvalue weighted by atomic mass is 16.8. The number of aliphatic hydroxyl groups excluding tert-OH is 9. The molecule has 0 aromatic rings. The zero-order chi connectivity index (χ0) is 52.9. The number of carbonyl (C=O) groups excluding carboxylic acids is 2. The van der Waals surface area contributed by atoms with E-state index in [1.807, 2.05) is 34.6 Å². The third-order valence-corrected chi connectivity index (χ3v) is 19.6. The normalized spacial score (nSPS) is 48.4. The fourth-order valence-electron chi connectivity index (χ4n) is 15.0. The maximum atomic E-state index is 13.8. The van der Waals surface area contributed by atoms with Gasteiger partial charge in [-0.25, -0.2) is 14.4 Å². The minimum atomic E-state index is -2.02. The number of aliphatic hydroxyl groups is 9. The van der Waals surface area contributed by atoms with Crippen LogP contribution in [0.25, 0.3) is 0 Å². The standard InChI is InChI=1S/C52H80O19/c1-12-23(3)43(64)70-40-41(71-44(65)24(4)13-2)52(22-54)26(20-47(40,5)6)25-14-15-29-49(9)18-17-30(48(7,8)28(49)16-19-50(29,10)51(25,11)38(60)39(52)61)67-46-37(34(58)33(57)36(68-46)42(62)63)69-45-35(59)32(56)31(55)27(21-53)66-45/h12-14,26-41,45-46,53-61H,15-22H2,1-11H3,(H,62,63)/b23-12-,24-13-/t26?,27-,28?,29?,30+,31+,32+,33+,34+,35-,36+,37-,38+,39-,40+,41+,45+,46-,49+,50-,51+,52+/m1/s1. The molecule has 2 aliphatic heterocycles. The first-order valence-corrected chi connectivity index (χ1v) is 25.2. The molecular weight excluding hydrogens is 929 g/mol. The highest BCUT2D eigenvalue weighted by Crippen LogP contribution is 2.76. The van der Waals surface area contributed by atoms with E-state index in [1.165, 1.54) is 0 Å². The summed E-state index contributed by atoms with van der Waals surface area (Å²) in [6, 6.07) is 0. The number of fused-ring (bicyclic) bond motifs is 7. The van der Waals surface area contributed by atoms with E-state index in [0.717, 1.165) is 5.57 Å². The third kappa shape index (κ3) is 8.49. The van der Waals surface area contributed by atoms with Gasteiger partial charge in [-0.1, -0.05) is 72.3 Å². The van der Waals surface area contributed by atoms with Crippen LogP contribution in [-0.2, 0) is 42.8 Å². The Labute approximate surface area is 415 Å². The summed E-state index contributed by atoms with van der Waals surface area (Å²) in [5.74, 6) is -3.72. The molecule has 0 bridgehead atoms. The molecule has 0 aromatic heterocycles. The fraction of sp³-hybridized carbons (Fsp3) is 0.827. The van der Waals surface area contributed by atoms with Gasteiger partial charge in [0, 0.05) is 22.0 Å². The molecule has 5 aliphatic carbocycles. The monoisotopic (exact) mass is 1010 g/mol. The van der Waals surface area contributed by atoms with Crippen molar-refractivity contribution in [2.24, 2.45) is 50.2 Å². The van der Waals surface area contributed by atoms with E-state index < -0.39 is 161 Å². The molecule has 19 nitrogen and oxygen atoms in total. The van der Waals surface area contributed by atoms with Gasteiger partial charge in [-0.3, -0.25) is 0 Å². The van der Waals surface area contributed by atoms with E-state index in [-0.39, 0.29) is 17.4 Å². The molecule has 7 rings (SSSR count). The van der Waals surface area contributed by atoms with Gasteiger partial charge in [0.2, 0.25) is 0 Å². The maximum Gasteiger partial charge on any atom is 0.335 e. The Morgan fingerprint density at radius 2 is 1.32 bits per heavy atom. The van der Waals surface area contributed by atoms with Crippen LogP contribution >= 0.6 is 0 Å². The van der Waals surface area contributed by atoms with Gasteiger partial charge < -0.3 is 79.5 Å². The number of carbonyl (C=O) groups is 3. The molecule has 6 fully saturated rings. The SMILES string of the molecule is C/C=C(/C)C(=O)O[C@H]1[C@H](OC(=O)/C(C)=C\C)[C@@]2(CO)C(CC1(C)C)C1=CCC3[C@@]4(C)CC[C@H](O[C@@H]5O[C@H](C(=O)O)[C@@H](O)[C@H](O)[C@H]5O[C@@H]5O[C@H](CO)[C@H](O)[C@H](O)[C@H]5O)C(C)(C)C4CC[C@@]3(C)[C@]1(C)[C@@H](O)[C@H]2O. The summed E-state index contributed by atoms with van der Waals surface area (Å²) in [7, 11) is 0. The van der Waals surface area contributed by atoms with Crippen LogP contribution in [0.5, 0.6) is 0 Å². The molecule has 0 amide bonds. The van der Waals surface area contributed by atoms with Gasteiger partial charge in [0.15, 0.2) is 24.8 Å². The maximum absolute atomic E-state index is 13.8. The molecule has 0 spiro atoms. The molecule has 3 unspecified atom stereocenters. The van der Waals surface area contributed by atoms with Gasteiger partial charge in [-0.2, -0.15) is 0 Å². The molecule has 71 heavy (non-hydrogen) atoms. The first kappa shape index (κ1) is 55.9. The summed E-state index contributed by atoms with van der Waals surface area (Å²) in [6.07, 6.45) is -15.8. The lowest BCUT2D eigenvalue weighted by atomic mass is 9.32. The Kier molecular flexibility index (Phi) is 15.5. The number of hydrogen-bond donors (Lipinski definition) is 10. The summed E-state index contributed by atoms with van der Waals surface area (Å²) >= 11 is 0. The Morgan fingerprint density at radius 3 is 1.89 bits per heavy atom. The average molecular weight is 1010 g/mol. The molecule has 0 radical (unpaired) electrons. The number of allylic oxidation sites excluding steroid dienone is 3. The van der Waals surface area contributed by atoms with Crippen molar-refractivity contribution in [2.75, 3.05) is 13.2 Å². The lowest BCUT2D eigenvalue weighted by molar-refractivity contribution is -0.374. The third-order valence-electron chi connectivity index (χ3n) is 19.6. The summed E-state index contributed by atoms with van der Waals surface area (Å²) in [5, 5.41) is 111. The number of rotatable bonds is 11. The predicted molar refractivity (Wildman–Crippen MR) is 250 cm³/mol. The van der Waals surface area contributed by atoms with E-state index >= 15 is 0 Å². The van der Waals surface area contributed by atoms with Crippen molar-refractivity contribution >= 4 is 17.9 Å². The topological polar surface area (TPSA) is 309 Å². The van der Waals surface area contributed by atoms with E-state index in [2.05, 4.69) is 19.9 Å². The van der Waals surface area contributed by atoms with Crippen molar-refractivity contribution < 1.29 is 93.9 Å². The fourth-order valence-corrected chi connectivity index (χ4v) is 15.0. The first-order valence-electron chi connectivity index (χ1n) is 25.2. The van der Waals surface area contributed by atoms with Gasteiger partial charge in [-0.15, -0.1) is 0 Å². The van der Waals surface area contributed by atoms with Crippen LogP contribution in [0.3, 0.4) is 0 Å². The van der Waals surface area contributed by atoms with Crippen molar-refractivity contribution in [3.05, 3.63) is 34.9 Å². The molecule has 19 heteroatoms. The number of hydrogen-bond acceptors (Lipinski definition) is 18. The van der Waals surface area contributed by atoms with Crippen LogP contribution in [0.1, 0.15) is 115 Å². The van der Waals surface area contributed by atoms with Gasteiger partial charge in [0.05, 0.1) is 36.9 Å². The molecule has 402 valence electrons. The average Bonchev–Trinajstić information content (AvgIpc) is 3.31. The van der Waals surface area contributed by atoms with E-state index in [9.17, 15) is 65.4 Å². The smallest absolute Gasteiger partial charge is 0.335 e. The Hall–Kier alpha value is -2.89. The second-order valence-electron chi connectivity index (χ2n) is 23.7. The molecule has 22 atom stereocenters. The minimum absolute atomic E-state index is 0.0740. The summed E-state index contributed by atoms with van der Waals surface area (Å²) in [6.45, 7) is 19.5. The Balaban J connectivity index is 1.22. The number of carboxylic acid groups (broad SMARTS) is 1. The number of aliphatic carboxylic acids is 1. The van der Waals surface area contributed by atoms with Crippen LogP contribution in [-0.4, -0.2) is 174 Å². The van der Waals surface area contributed by atoms with Gasteiger partial charge >= 0.3 is 17.9 Å². The van der Waals surface area contributed by atoms with Crippen molar-refractivity contribution in [1.29, 1.82) is 0 Å². The number of esters is 2. The van der Waals surface area contributed by atoms with Crippen molar-refractivity contribution in [2.45, 2.75) is 207 Å². The molecule has 2 heterocycles. The Bertz CT molecular complexity index is 2120. The van der Waals surface area contributed by atoms with E-state index in [4.69, 9.17) is 28.4 Å². The summed E-state index contributed by atoms with van der Waals surface area (Å²) in [4.78, 5) is 39.6.